The zero-order chi connectivity index (χ0) is 31.2. The molecule has 0 spiro atoms. The molecule has 2 fully saturated rings. The van der Waals surface area contributed by atoms with E-state index in [-0.39, 0.29) is 24.8 Å². The Morgan fingerprint density at radius 1 is 0.562 bits per heavy atom. The second-order valence-corrected chi connectivity index (χ2v) is 18.6. The quantitative estimate of drug-likeness (QED) is 0.190. The van der Waals surface area contributed by atoms with Crippen molar-refractivity contribution in [2.45, 2.75) is 97.6 Å². The van der Waals surface area contributed by atoms with Crippen molar-refractivity contribution in [1.29, 1.82) is 0 Å². The minimum atomic E-state index is -0.932. The summed E-state index contributed by atoms with van der Waals surface area (Å²) in [7, 11) is 0. The number of hydrogen-bond acceptors (Lipinski definition) is 0. The predicted molar refractivity (Wildman–Crippen MR) is 193 cm³/mol. The average Bonchev–Trinajstić information content (AvgIpc) is 3.83. The predicted octanol–water partition coefficient (Wildman–Crippen LogP) is 7.07. The Bertz CT molecular complexity index is 1780. The van der Waals surface area contributed by atoms with E-state index in [9.17, 15) is 0 Å². The molecule has 0 saturated heterocycles. The molecule has 0 nitrogen and oxygen atoms in total. The van der Waals surface area contributed by atoms with E-state index in [0.29, 0.717) is 13.2 Å². The van der Waals surface area contributed by atoms with Crippen LogP contribution in [0.25, 0.3) is 34.4 Å². The molecular formula is C45H48Cl2Zr. The van der Waals surface area contributed by atoms with Crippen LogP contribution in [-0.2, 0) is 23.2 Å². The number of rotatable bonds is 7. The molecule has 0 N–H and O–H groups in total. The first-order chi connectivity index (χ1) is 22.5. The fourth-order valence-electron chi connectivity index (χ4n) is 9.09. The third-order valence-electron chi connectivity index (χ3n) is 11.7. The molecule has 3 heteroatoms. The van der Waals surface area contributed by atoms with Gasteiger partial charge in [-0.05, 0) is 0 Å². The number of hydrogen-bond donors (Lipinski definition) is 0. The summed E-state index contributed by atoms with van der Waals surface area (Å²) < 4.78 is 1.30. The van der Waals surface area contributed by atoms with Gasteiger partial charge in [0.15, 0.2) is 0 Å². The van der Waals surface area contributed by atoms with Gasteiger partial charge in [-0.15, -0.1) is 0 Å². The molecule has 0 bridgehead atoms. The smallest absolute Gasteiger partial charge is 1.00 e. The molecule has 0 aromatic heterocycles. The summed E-state index contributed by atoms with van der Waals surface area (Å²) in [6.45, 7) is 7.01. The van der Waals surface area contributed by atoms with Gasteiger partial charge in [-0.3, -0.25) is 0 Å². The zero-order valence-electron chi connectivity index (χ0n) is 28.7. The summed E-state index contributed by atoms with van der Waals surface area (Å²) in [6, 6.07) is 33.5. The van der Waals surface area contributed by atoms with Crippen LogP contribution in [0.3, 0.4) is 0 Å². The monoisotopic (exact) mass is 748 g/mol. The fourth-order valence-corrected chi connectivity index (χ4v) is 14.1. The zero-order valence-corrected chi connectivity index (χ0v) is 32.7. The number of allylic oxidation sites excluding steroid dienone is 2. The summed E-state index contributed by atoms with van der Waals surface area (Å²) >= 11 is -0.932. The maximum atomic E-state index is 2.68. The molecule has 0 amide bonds. The van der Waals surface area contributed by atoms with Gasteiger partial charge >= 0.3 is 291 Å². The molecule has 0 heterocycles. The van der Waals surface area contributed by atoms with Crippen LogP contribution in [0.4, 0.5) is 0 Å². The van der Waals surface area contributed by atoms with E-state index in [0.717, 1.165) is 11.8 Å². The van der Waals surface area contributed by atoms with Gasteiger partial charge in [0, 0.05) is 0 Å². The maximum absolute atomic E-state index is 2.68. The largest absolute Gasteiger partial charge is 1.00 e. The Morgan fingerprint density at radius 2 is 1.08 bits per heavy atom. The minimum Gasteiger partial charge on any atom is -1.00 e. The summed E-state index contributed by atoms with van der Waals surface area (Å²) in [5, 5.41) is 0. The second kappa shape index (κ2) is 15.4. The van der Waals surface area contributed by atoms with E-state index in [4.69, 9.17) is 0 Å². The third-order valence-corrected chi connectivity index (χ3v) is 16.8. The van der Waals surface area contributed by atoms with Crippen LogP contribution in [-0.4, -0.2) is 0 Å². The molecule has 0 aliphatic heterocycles. The number of halogens is 2. The van der Waals surface area contributed by atoms with Gasteiger partial charge in [-0.25, -0.2) is 0 Å². The summed E-state index contributed by atoms with van der Waals surface area (Å²) in [5.41, 5.74) is 18.3. The molecule has 246 valence electrons. The molecule has 8 rings (SSSR count). The minimum absolute atomic E-state index is 0. The summed E-state index contributed by atoms with van der Waals surface area (Å²) in [5.74, 6) is 2.10. The van der Waals surface area contributed by atoms with E-state index in [2.05, 4.69) is 118 Å². The normalized spacial score (nSPS) is 20.3. The van der Waals surface area contributed by atoms with E-state index < -0.39 is 23.2 Å². The van der Waals surface area contributed by atoms with Crippen molar-refractivity contribution in [3.8, 4) is 22.3 Å². The topological polar surface area (TPSA) is 0 Å². The van der Waals surface area contributed by atoms with Gasteiger partial charge in [-0.2, -0.15) is 0 Å². The van der Waals surface area contributed by atoms with Crippen LogP contribution in [0.2, 0.25) is 0 Å². The Balaban J connectivity index is 0.00000201. The van der Waals surface area contributed by atoms with Crippen molar-refractivity contribution < 1.29 is 48.0 Å². The Labute approximate surface area is 313 Å². The van der Waals surface area contributed by atoms with Crippen LogP contribution >= 0.6 is 0 Å². The van der Waals surface area contributed by atoms with E-state index in [1.54, 1.807) is 27.8 Å². The van der Waals surface area contributed by atoms with Gasteiger partial charge in [0.1, 0.15) is 0 Å². The molecule has 2 unspecified atom stereocenters. The number of fused-ring (bicyclic) bond motifs is 2. The van der Waals surface area contributed by atoms with Crippen molar-refractivity contribution in [3.63, 3.8) is 0 Å². The van der Waals surface area contributed by atoms with E-state index in [1.165, 1.54) is 96.7 Å². The average molecular weight is 751 g/mol. The van der Waals surface area contributed by atoms with Crippen LogP contribution in [0, 0.1) is 5.92 Å². The van der Waals surface area contributed by atoms with Crippen molar-refractivity contribution in [2.24, 2.45) is 5.92 Å². The molecule has 4 aliphatic carbocycles. The van der Waals surface area contributed by atoms with Crippen LogP contribution in [0.5, 0.6) is 0 Å². The Kier molecular flexibility index (Phi) is 11.4. The first kappa shape index (κ1) is 35.6. The third kappa shape index (κ3) is 6.79. The second-order valence-electron chi connectivity index (χ2n) is 14.9. The van der Waals surface area contributed by atoms with Crippen LogP contribution < -0.4 is 24.8 Å². The summed E-state index contributed by atoms with van der Waals surface area (Å²) in [6.07, 6.45) is 17.7. The van der Waals surface area contributed by atoms with Crippen LogP contribution in [0.15, 0.2) is 96.1 Å². The first-order valence-corrected chi connectivity index (χ1v) is 21.0. The van der Waals surface area contributed by atoms with Crippen molar-refractivity contribution >= 4 is 12.2 Å². The van der Waals surface area contributed by atoms with Crippen molar-refractivity contribution in [3.05, 3.63) is 129 Å². The van der Waals surface area contributed by atoms with Gasteiger partial charge in [0.2, 0.25) is 0 Å². The Morgan fingerprint density at radius 3 is 1.69 bits per heavy atom. The molecule has 0 radical (unpaired) electrons. The van der Waals surface area contributed by atoms with Gasteiger partial charge < -0.3 is 24.8 Å². The molecule has 2 saturated carbocycles. The van der Waals surface area contributed by atoms with E-state index >= 15 is 0 Å². The molecule has 2 atom stereocenters. The molecule has 48 heavy (non-hydrogen) atoms. The first-order valence-electron chi connectivity index (χ1n) is 18.2. The summed E-state index contributed by atoms with van der Waals surface area (Å²) in [4.78, 5) is 0. The van der Waals surface area contributed by atoms with Gasteiger partial charge in [-0.1, -0.05) is 0 Å². The van der Waals surface area contributed by atoms with Crippen molar-refractivity contribution in [1.82, 2.24) is 0 Å². The SMILES string of the molecule is CC1=Cc2c(-c3ccc(C4CCCCC4)cc3)cccc2[CH]1[Zr+2][CH]1C(C2CCCC2)=Cc2c(-c3ccc(C(C)C)cc3)cccc21.[Cl-].[Cl-]. The fraction of sp³-hybridized carbons (Fsp3) is 0.378. The molecule has 4 aromatic carbocycles. The van der Waals surface area contributed by atoms with E-state index in [1.807, 2.05) is 0 Å². The van der Waals surface area contributed by atoms with Crippen LogP contribution in [0.1, 0.15) is 131 Å². The molecule has 4 aliphatic rings. The van der Waals surface area contributed by atoms with Gasteiger partial charge in [0.25, 0.3) is 0 Å². The number of benzene rings is 4. The standard InChI is InChI=1S/C23H25.C22H23.2ClH.Zr/c1-16(2)17-10-12-19(13-11-17)22-9-5-8-20-14-21(15-23(20)22)18-6-3-4-7-18;1-16-14-20-8-5-9-21(22(20)15-16)19-12-10-18(11-13-19)17-6-3-2-4-7-17;;;/h5,8-16,18H,3-4,6-7H2,1-2H3;5,8-15,17H,2-4,6-7H2,1H3;2*1H;/q;;;;+2/p-2. The van der Waals surface area contributed by atoms with Gasteiger partial charge in [0.05, 0.1) is 0 Å². The van der Waals surface area contributed by atoms with Crippen molar-refractivity contribution in [2.75, 3.05) is 0 Å². The maximum Gasteiger partial charge on any atom is -1.00 e. The molecule has 4 aromatic rings. The molecular weight excluding hydrogens is 703 g/mol. The Hall–Kier alpha value is -2.18.